The first-order valence-corrected chi connectivity index (χ1v) is 16.3. The molecule has 0 saturated heterocycles. The standard InChI is InChI=1S/C45H30O5/c46-45(41-19-7-17-39-37(41)15-9-21-43(39)49-35-27-23-33(24-28-35)47-31-11-3-1-4-12-31)42-20-8-18-40-38(42)16-10-22-44(40)50-36-29-25-34(26-30-36)48-32-13-5-2-6-14-32/h1-30H. The van der Waals surface area contributed by atoms with Crippen LogP contribution in [0.2, 0.25) is 0 Å². The number of rotatable bonds is 10. The van der Waals surface area contributed by atoms with Gasteiger partial charge in [-0.15, -0.1) is 0 Å². The van der Waals surface area contributed by atoms with Gasteiger partial charge in [-0.25, -0.2) is 0 Å². The lowest BCUT2D eigenvalue weighted by Gasteiger charge is -2.14. The number of fused-ring (bicyclic) bond motifs is 2. The molecule has 0 spiro atoms. The summed E-state index contributed by atoms with van der Waals surface area (Å²) >= 11 is 0. The Bertz CT molecular complexity index is 2250. The maximum Gasteiger partial charge on any atom is 0.194 e. The predicted molar refractivity (Wildman–Crippen MR) is 197 cm³/mol. The Kier molecular flexibility index (Phi) is 8.36. The average Bonchev–Trinajstić information content (AvgIpc) is 3.17. The molecule has 8 aromatic rings. The SMILES string of the molecule is O=C(c1cccc2c(Oc3ccc(Oc4ccccc4)cc3)cccc12)c1cccc2c(Oc3ccc(Oc4ccccc4)cc3)cccc12. The molecule has 0 aliphatic carbocycles. The number of ether oxygens (including phenoxy) is 4. The summed E-state index contributed by atoms with van der Waals surface area (Å²) in [6, 6.07) is 57.2. The minimum absolute atomic E-state index is 0.0830. The lowest BCUT2D eigenvalue weighted by Crippen LogP contribution is -2.03. The third kappa shape index (κ3) is 6.48. The average molecular weight is 651 g/mol. The van der Waals surface area contributed by atoms with Gasteiger partial charge in [0, 0.05) is 21.9 Å². The Hall–Kier alpha value is -6.85. The molecule has 0 saturated carbocycles. The van der Waals surface area contributed by atoms with Crippen molar-refractivity contribution in [3.8, 4) is 46.0 Å². The van der Waals surface area contributed by atoms with E-state index in [9.17, 15) is 4.79 Å². The number of para-hydroxylation sites is 2. The van der Waals surface area contributed by atoms with E-state index in [0.717, 1.165) is 33.0 Å². The molecule has 5 nitrogen and oxygen atoms in total. The van der Waals surface area contributed by atoms with Gasteiger partial charge in [-0.3, -0.25) is 4.79 Å². The lowest BCUT2D eigenvalue weighted by atomic mass is 9.93. The van der Waals surface area contributed by atoms with Crippen LogP contribution in [-0.2, 0) is 0 Å². The summed E-state index contributed by atoms with van der Waals surface area (Å²) in [4.78, 5) is 14.3. The van der Waals surface area contributed by atoms with E-state index in [0.29, 0.717) is 45.6 Å². The number of carbonyl (C=O) groups excluding carboxylic acids is 1. The lowest BCUT2D eigenvalue weighted by molar-refractivity contribution is 0.104. The van der Waals surface area contributed by atoms with E-state index in [1.54, 1.807) is 0 Å². The highest BCUT2D eigenvalue weighted by molar-refractivity contribution is 6.22. The zero-order chi connectivity index (χ0) is 33.7. The van der Waals surface area contributed by atoms with Gasteiger partial charge >= 0.3 is 0 Å². The van der Waals surface area contributed by atoms with Crippen molar-refractivity contribution in [1.82, 2.24) is 0 Å². The van der Waals surface area contributed by atoms with Gasteiger partial charge in [0.15, 0.2) is 5.78 Å². The van der Waals surface area contributed by atoms with Gasteiger partial charge in [-0.1, -0.05) is 97.1 Å². The van der Waals surface area contributed by atoms with Crippen molar-refractivity contribution in [3.05, 3.63) is 193 Å². The molecular weight excluding hydrogens is 620 g/mol. The quantitative estimate of drug-likeness (QED) is 0.138. The molecule has 8 aromatic carbocycles. The molecule has 0 aliphatic rings. The van der Waals surface area contributed by atoms with Gasteiger partial charge in [-0.05, 0) is 95.7 Å². The maximum atomic E-state index is 14.3. The highest BCUT2D eigenvalue weighted by atomic mass is 16.5. The van der Waals surface area contributed by atoms with Gasteiger partial charge in [0.25, 0.3) is 0 Å². The summed E-state index contributed by atoms with van der Waals surface area (Å²) in [5.74, 6) is 5.51. The summed E-state index contributed by atoms with van der Waals surface area (Å²) in [5.41, 5.74) is 1.18. The third-order valence-electron chi connectivity index (χ3n) is 8.31. The van der Waals surface area contributed by atoms with Crippen LogP contribution in [0.3, 0.4) is 0 Å². The van der Waals surface area contributed by atoms with Gasteiger partial charge in [0.1, 0.15) is 46.0 Å². The van der Waals surface area contributed by atoms with Crippen LogP contribution in [0.1, 0.15) is 15.9 Å². The van der Waals surface area contributed by atoms with E-state index in [2.05, 4.69) is 0 Å². The molecule has 0 heterocycles. The Balaban J connectivity index is 1.04. The van der Waals surface area contributed by atoms with Gasteiger partial charge in [0.2, 0.25) is 0 Å². The van der Waals surface area contributed by atoms with Crippen molar-refractivity contribution >= 4 is 27.3 Å². The topological polar surface area (TPSA) is 54.0 Å². The first-order valence-electron chi connectivity index (χ1n) is 16.3. The molecule has 0 radical (unpaired) electrons. The second kappa shape index (κ2) is 13.7. The Morgan fingerprint density at radius 1 is 0.280 bits per heavy atom. The normalized spacial score (nSPS) is 10.9. The van der Waals surface area contributed by atoms with E-state index in [1.165, 1.54) is 0 Å². The van der Waals surface area contributed by atoms with Crippen molar-refractivity contribution in [1.29, 1.82) is 0 Å². The minimum Gasteiger partial charge on any atom is -0.457 e. The summed E-state index contributed by atoms with van der Waals surface area (Å²) in [5, 5.41) is 3.29. The first kappa shape index (κ1) is 30.5. The molecule has 0 fully saturated rings. The van der Waals surface area contributed by atoms with Crippen LogP contribution in [0.25, 0.3) is 21.5 Å². The van der Waals surface area contributed by atoms with Crippen molar-refractivity contribution in [3.63, 3.8) is 0 Å². The number of ketones is 1. The van der Waals surface area contributed by atoms with E-state index < -0.39 is 0 Å². The number of hydrogen-bond acceptors (Lipinski definition) is 5. The number of hydrogen-bond donors (Lipinski definition) is 0. The Morgan fingerprint density at radius 3 is 1.00 bits per heavy atom. The van der Waals surface area contributed by atoms with Crippen LogP contribution < -0.4 is 18.9 Å². The molecular formula is C45H30O5. The summed E-state index contributed by atoms with van der Waals surface area (Å²) in [6.07, 6.45) is 0. The van der Waals surface area contributed by atoms with E-state index in [4.69, 9.17) is 18.9 Å². The van der Waals surface area contributed by atoms with Crippen molar-refractivity contribution in [2.75, 3.05) is 0 Å². The van der Waals surface area contributed by atoms with Crippen LogP contribution in [0, 0.1) is 0 Å². The molecule has 50 heavy (non-hydrogen) atoms. The zero-order valence-electron chi connectivity index (χ0n) is 26.9. The van der Waals surface area contributed by atoms with Crippen molar-refractivity contribution in [2.45, 2.75) is 0 Å². The molecule has 0 aromatic heterocycles. The maximum absolute atomic E-state index is 14.3. The fourth-order valence-corrected chi connectivity index (χ4v) is 5.94. The van der Waals surface area contributed by atoms with Crippen LogP contribution >= 0.6 is 0 Å². The van der Waals surface area contributed by atoms with Crippen LogP contribution in [0.4, 0.5) is 0 Å². The van der Waals surface area contributed by atoms with Crippen LogP contribution in [-0.4, -0.2) is 5.78 Å². The Labute approximate surface area is 289 Å². The van der Waals surface area contributed by atoms with Crippen molar-refractivity contribution < 1.29 is 23.7 Å². The molecule has 0 unspecified atom stereocenters. The largest absolute Gasteiger partial charge is 0.457 e. The highest BCUT2D eigenvalue weighted by Gasteiger charge is 2.18. The minimum atomic E-state index is -0.0830. The van der Waals surface area contributed by atoms with E-state index >= 15 is 0 Å². The molecule has 0 N–H and O–H groups in total. The first-order chi connectivity index (χ1) is 24.7. The van der Waals surface area contributed by atoms with Gasteiger partial charge in [-0.2, -0.15) is 0 Å². The second-order valence-electron chi connectivity index (χ2n) is 11.6. The fourth-order valence-electron chi connectivity index (χ4n) is 5.94. The molecule has 0 aliphatic heterocycles. The summed E-state index contributed by atoms with van der Waals surface area (Å²) in [6.45, 7) is 0. The van der Waals surface area contributed by atoms with E-state index in [-0.39, 0.29) is 5.78 Å². The van der Waals surface area contributed by atoms with Crippen LogP contribution in [0.15, 0.2) is 182 Å². The third-order valence-corrected chi connectivity index (χ3v) is 8.31. The molecule has 8 rings (SSSR count). The van der Waals surface area contributed by atoms with E-state index in [1.807, 2.05) is 182 Å². The molecule has 0 amide bonds. The summed E-state index contributed by atoms with van der Waals surface area (Å²) in [7, 11) is 0. The zero-order valence-corrected chi connectivity index (χ0v) is 26.9. The van der Waals surface area contributed by atoms with Crippen LogP contribution in [0.5, 0.6) is 46.0 Å². The summed E-state index contributed by atoms with van der Waals surface area (Å²) < 4.78 is 24.5. The molecule has 0 bridgehead atoms. The number of benzene rings is 8. The molecule has 5 heteroatoms. The number of carbonyl (C=O) groups is 1. The fraction of sp³-hybridized carbons (Fsp3) is 0. The smallest absolute Gasteiger partial charge is 0.194 e. The molecule has 0 atom stereocenters. The second-order valence-corrected chi connectivity index (χ2v) is 11.6. The van der Waals surface area contributed by atoms with Gasteiger partial charge in [0.05, 0.1) is 0 Å². The van der Waals surface area contributed by atoms with Crippen molar-refractivity contribution in [2.24, 2.45) is 0 Å². The predicted octanol–water partition coefficient (Wildman–Crippen LogP) is 12.4. The van der Waals surface area contributed by atoms with Gasteiger partial charge < -0.3 is 18.9 Å². The highest BCUT2D eigenvalue weighted by Crippen LogP contribution is 2.37. The Morgan fingerprint density at radius 2 is 0.600 bits per heavy atom. The molecule has 240 valence electrons. The monoisotopic (exact) mass is 650 g/mol.